The van der Waals surface area contributed by atoms with Crippen molar-refractivity contribution in [1.82, 2.24) is 4.90 Å². The van der Waals surface area contributed by atoms with Gasteiger partial charge in [0.15, 0.2) is 0 Å². The number of rotatable bonds is 7. The summed E-state index contributed by atoms with van der Waals surface area (Å²) >= 11 is 12.0. The summed E-state index contributed by atoms with van der Waals surface area (Å²) in [7, 11) is 0. The molecule has 1 N–H and O–H groups in total. The Morgan fingerprint density at radius 3 is 2.30 bits per heavy atom. The lowest BCUT2D eigenvalue weighted by Gasteiger charge is -2.36. The molecule has 0 bridgehead atoms. The molecule has 0 saturated carbocycles. The minimum atomic E-state index is -0.278. The smallest absolute Gasteiger partial charge is 0.257 e. The highest BCUT2D eigenvalue weighted by molar-refractivity contribution is 6.37. The molecule has 3 rings (SSSR count). The minimum Gasteiger partial charge on any atom is -0.368 e. The van der Waals surface area contributed by atoms with Crippen LogP contribution in [0.2, 0.25) is 10.0 Å². The van der Waals surface area contributed by atoms with Crippen molar-refractivity contribution in [2.75, 3.05) is 36.4 Å². The fraction of sp³-hybridized carbons (Fsp3) is 0.391. The Morgan fingerprint density at radius 2 is 1.67 bits per heavy atom. The van der Waals surface area contributed by atoms with Crippen LogP contribution in [0.4, 0.5) is 11.4 Å². The molecule has 2 aromatic rings. The third-order valence-corrected chi connectivity index (χ3v) is 5.84. The van der Waals surface area contributed by atoms with Crippen LogP contribution in [0, 0.1) is 0 Å². The quantitative estimate of drug-likeness (QED) is 0.572. The number of piperazine rings is 1. The molecule has 1 heterocycles. The maximum atomic E-state index is 12.4. The predicted molar refractivity (Wildman–Crippen MR) is 124 cm³/mol. The lowest BCUT2D eigenvalue weighted by atomic mass is 10.1. The van der Waals surface area contributed by atoms with Crippen molar-refractivity contribution < 1.29 is 9.59 Å². The first-order valence-electron chi connectivity index (χ1n) is 10.4. The number of unbranched alkanes of at least 4 members (excludes halogenated alkanes) is 2. The van der Waals surface area contributed by atoms with Crippen LogP contribution in [0.5, 0.6) is 0 Å². The van der Waals surface area contributed by atoms with E-state index < -0.39 is 0 Å². The standard InChI is InChI=1S/C23H27Cl2N3O2/c1-2-3-4-5-22(29)28-14-12-27(13-15-28)19-9-7-18(8-10-19)26-23(30)20-11-6-17(24)16-21(20)25/h6-11,16H,2-5,12-15H2,1H3,(H,26,30). The van der Waals surface area contributed by atoms with E-state index in [4.69, 9.17) is 23.2 Å². The monoisotopic (exact) mass is 447 g/mol. The molecular formula is C23H27Cl2N3O2. The number of benzene rings is 2. The van der Waals surface area contributed by atoms with Gasteiger partial charge in [0.05, 0.1) is 10.6 Å². The number of carbonyl (C=O) groups excluding carboxylic acids is 2. The first-order chi connectivity index (χ1) is 14.5. The zero-order chi connectivity index (χ0) is 21.5. The Kier molecular flexibility index (Phi) is 8.00. The number of anilines is 2. The van der Waals surface area contributed by atoms with Crippen LogP contribution in [-0.4, -0.2) is 42.9 Å². The van der Waals surface area contributed by atoms with Gasteiger partial charge in [-0.15, -0.1) is 0 Å². The van der Waals surface area contributed by atoms with E-state index in [-0.39, 0.29) is 11.8 Å². The number of amides is 2. The Bertz CT molecular complexity index is 879. The average Bonchev–Trinajstić information content (AvgIpc) is 2.74. The third-order valence-electron chi connectivity index (χ3n) is 5.29. The van der Waals surface area contributed by atoms with Gasteiger partial charge in [0.2, 0.25) is 5.91 Å². The van der Waals surface area contributed by atoms with E-state index in [0.29, 0.717) is 27.7 Å². The fourth-order valence-electron chi connectivity index (χ4n) is 3.53. The van der Waals surface area contributed by atoms with Crippen LogP contribution in [0.1, 0.15) is 43.0 Å². The minimum absolute atomic E-state index is 0.266. The summed E-state index contributed by atoms with van der Waals surface area (Å²) in [6.45, 7) is 5.26. The van der Waals surface area contributed by atoms with Gasteiger partial charge in [-0.1, -0.05) is 43.0 Å². The molecule has 1 aliphatic rings. The van der Waals surface area contributed by atoms with Crippen molar-refractivity contribution in [2.24, 2.45) is 0 Å². The van der Waals surface area contributed by atoms with Gasteiger partial charge in [0.25, 0.3) is 5.91 Å². The fourth-order valence-corrected chi connectivity index (χ4v) is 4.02. The largest absolute Gasteiger partial charge is 0.368 e. The van der Waals surface area contributed by atoms with Crippen molar-refractivity contribution in [3.05, 3.63) is 58.1 Å². The van der Waals surface area contributed by atoms with Crippen molar-refractivity contribution in [1.29, 1.82) is 0 Å². The van der Waals surface area contributed by atoms with E-state index in [0.717, 1.165) is 51.1 Å². The summed E-state index contributed by atoms with van der Waals surface area (Å²) in [5.41, 5.74) is 2.15. The molecule has 160 valence electrons. The lowest BCUT2D eigenvalue weighted by molar-refractivity contribution is -0.131. The third kappa shape index (κ3) is 5.89. The molecule has 2 aromatic carbocycles. The van der Waals surface area contributed by atoms with Gasteiger partial charge in [-0.05, 0) is 48.9 Å². The number of nitrogens with zero attached hydrogens (tertiary/aromatic N) is 2. The van der Waals surface area contributed by atoms with Crippen LogP contribution >= 0.6 is 23.2 Å². The van der Waals surface area contributed by atoms with Gasteiger partial charge in [-0.3, -0.25) is 9.59 Å². The summed E-state index contributed by atoms with van der Waals surface area (Å²) in [6, 6.07) is 12.5. The second kappa shape index (κ2) is 10.7. The molecule has 2 amide bonds. The van der Waals surface area contributed by atoms with Crippen molar-refractivity contribution in [2.45, 2.75) is 32.6 Å². The number of hydrogen-bond acceptors (Lipinski definition) is 3. The first kappa shape index (κ1) is 22.4. The maximum Gasteiger partial charge on any atom is 0.257 e. The number of carbonyl (C=O) groups is 2. The lowest BCUT2D eigenvalue weighted by Crippen LogP contribution is -2.48. The van der Waals surface area contributed by atoms with Crippen molar-refractivity contribution in [3.8, 4) is 0 Å². The molecule has 0 unspecified atom stereocenters. The molecule has 0 radical (unpaired) electrons. The van der Waals surface area contributed by atoms with Crippen LogP contribution < -0.4 is 10.2 Å². The van der Waals surface area contributed by atoms with Crippen LogP contribution in [0.3, 0.4) is 0 Å². The summed E-state index contributed by atoms with van der Waals surface area (Å²) in [5.74, 6) is -0.0124. The Morgan fingerprint density at radius 1 is 0.967 bits per heavy atom. The Balaban J connectivity index is 1.52. The molecule has 5 nitrogen and oxygen atoms in total. The van der Waals surface area contributed by atoms with E-state index in [1.807, 2.05) is 29.2 Å². The molecule has 0 aromatic heterocycles. The zero-order valence-electron chi connectivity index (χ0n) is 17.2. The summed E-state index contributed by atoms with van der Waals surface area (Å²) in [4.78, 5) is 28.9. The van der Waals surface area contributed by atoms with Crippen LogP contribution in [-0.2, 0) is 4.79 Å². The molecular weight excluding hydrogens is 421 g/mol. The van der Waals surface area contributed by atoms with E-state index in [1.54, 1.807) is 18.2 Å². The van der Waals surface area contributed by atoms with Gasteiger partial charge < -0.3 is 15.1 Å². The molecule has 0 spiro atoms. The van der Waals surface area contributed by atoms with Gasteiger partial charge in [0, 0.05) is 49.0 Å². The van der Waals surface area contributed by atoms with Gasteiger partial charge >= 0.3 is 0 Å². The topological polar surface area (TPSA) is 52.7 Å². The maximum absolute atomic E-state index is 12.4. The highest BCUT2D eigenvalue weighted by Crippen LogP contribution is 2.24. The molecule has 1 aliphatic heterocycles. The molecule has 7 heteroatoms. The second-order valence-corrected chi connectivity index (χ2v) is 8.29. The summed E-state index contributed by atoms with van der Waals surface area (Å²) < 4.78 is 0. The molecule has 1 saturated heterocycles. The van der Waals surface area contributed by atoms with Gasteiger partial charge in [-0.2, -0.15) is 0 Å². The highest BCUT2D eigenvalue weighted by Gasteiger charge is 2.21. The van der Waals surface area contributed by atoms with E-state index in [2.05, 4.69) is 17.1 Å². The molecule has 1 fully saturated rings. The van der Waals surface area contributed by atoms with Crippen molar-refractivity contribution in [3.63, 3.8) is 0 Å². The van der Waals surface area contributed by atoms with E-state index in [1.165, 1.54) is 0 Å². The first-order valence-corrected chi connectivity index (χ1v) is 11.1. The van der Waals surface area contributed by atoms with E-state index in [9.17, 15) is 9.59 Å². The second-order valence-electron chi connectivity index (χ2n) is 7.45. The zero-order valence-corrected chi connectivity index (χ0v) is 18.7. The van der Waals surface area contributed by atoms with Gasteiger partial charge in [-0.25, -0.2) is 0 Å². The summed E-state index contributed by atoms with van der Waals surface area (Å²) in [6.07, 6.45) is 3.87. The molecule has 0 atom stereocenters. The number of halogens is 2. The number of hydrogen-bond donors (Lipinski definition) is 1. The van der Waals surface area contributed by atoms with Crippen LogP contribution in [0.15, 0.2) is 42.5 Å². The normalized spacial score (nSPS) is 14.0. The van der Waals surface area contributed by atoms with E-state index >= 15 is 0 Å². The Hall–Kier alpha value is -2.24. The summed E-state index contributed by atoms with van der Waals surface area (Å²) in [5, 5.41) is 3.66. The van der Waals surface area contributed by atoms with Gasteiger partial charge in [0.1, 0.15) is 0 Å². The predicted octanol–water partition coefficient (Wildman–Crippen LogP) is 5.47. The molecule has 0 aliphatic carbocycles. The average molecular weight is 448 g/mol. The molecule has 30 heavy (non-hydrogen) atoms. The highest BCUT2D eigenvalue weighted by atomic mass is 35.5. The van der Waals surface area contributed by atoms with Crippen LogP contribution in [0.25, 0.3) is 0 Å². The SMILES string of the molecule is CCCCCC(=O)N1CCN(c2ccc(NC(=O)c3ccc(Cl)cc3Cl)cc2)CC1. The van der Waals surface area contributed by atoms with Crippen molar-refractivity contribution >= 4 is 46.4 Å². The Labute approximate surface area is 187 Å². The number of nitrogens with one attached hydrogen (secondary N) is 1.